The summed E-state index contributed by atoms with van der Waals surface area (Å²) >= 11 is 0. The molecule has 4 heteroatoms. The van der Waals surface area contributed by atoms with Crippen molar-refractivity contribution in [2.45, 2.75) is 6.92 Å². The number of esters is 1. The molecule has 2 rings (SSSR count). The molecule has 0 aliphatic heterocycles. The lowest BCUT2D eigenvalue weighted by Crippen LogP contribution is -2.03. The first-order chi connectivity index (χ1) is 8.20. The van der Waals surface area contributed by atoms with Crippen molar-refractivity contribution in [2.24, 2.45) is 0 Å². The number of rotatable bonds is 2. The Balaban J connectivity index is 2.32. The minimum Gasteiger partial charge on any atom is -0.464 e. The SMILES string of the molecule is COC(=O)c1ccc(-c2cccc(C)n2)cn1. The quantitative estimate of drug-likeness (QED) is 0.740. The molecule has 2 heterocycles. The van der Waals surface area contributed by atoms with Crippen LogP contribution in [0.4, 0.5) is 0 Å². The van der Waals surface area contributed by atoms with Gasteiger partial charge in [-0.05, 0) is 31.2 Å². The number of carbonyl (C=O) groups is 1. The number of nitrogens with zero attached hydrogens (tertiary/aromatic N) is 2. The molecule has 0 amide bonds. The summed E-state index contributed by atoms with van der Waals surface area (Å²) < 4.78 is 4.58. The van der Waals surface area contributed by atoms with Crippen LogP contribution in [0.5, 0.6) is 0 Å². The predicted molar refractivity (Wildman–Crippen MR) is 63.5 cm³/mol. The van der Waals surface area contributed by atoms with E-state index < -0.39 is 5.97 Å². The van der Waals surface area contributed by atoms with Crippen LogP contribution in [-0.4, -0.2) is 23.0 Å². The van der Waals surface area contributed by atoms with E-state index in [4.69, 9.17) is 0 Å². The molecule has 0 aromatic carbocycles. The molecule has 17 heavy (non-hydrogen) atoms. The largest absolute Gasteiger partial charge is 0.464 e. The molecule has 0 unspecified atom stereocenters. The summed E-state index contributed by atoms with van der Waals surface area (Å²) in [4.78, 5) is 19.6. The van der Waals surface area contributed by atoms with Crippen molar-refractivity contribution in [3.63, 3.8) is 0 Å². The molecule has 0 spiro atoms. The summed E-state index contributed by atoms with van der Waals surface area (Å²) in [6.45, 7) is 1.93. The van der Waals surface area contributed by atoms with Crippen LogP contribution in [0.15, 0.2) is 36.5 Å². The molecular weight excluding hydrogens is 216 g/mol. The number of carbonyl (C=O) groups excluding carboxylic acids is 1. The van der Waals surface area contributed by atoms with E-state index in [2.05, 4.69) is 14.7 Å². The topological polar surface area (TPSA) is 52.1 Å². The standard InChI is InChI=1S/C13H12N2O2/c1-9-4-3-5-11(15-9)10-6-7-12(14-8-10)13(16)17-2/h3-8H,1-2H3. The highest BCUT2D eigenvalue weighted by atomic mass is 16.5. The van der Waals surface area contributed by atoms with Crippen LogP contribution in [0.25, 0.3) is 11.3 Å². The van der Waals surface area contributed by atoms with E-state index in [0.717, 1.165) is 17.0 Å². The minimum absolute atomic E-state index is 0.295. The zero-order valence-corrected chi connectivity index (χ0v) is 9.68. The molecule has 2 aromatic rings. The van der Waals surface area contributed by atoms with Gasteiger partial charge in [0, 0.05) is 17.5 Å². The average Bonchev–Trinajstić information content (AvgIpc) is 2.38. The number of aromatic nitrogens is 2. The minimum atomic E-state index is -0.436. The van der Waals surface area contributed by atoms with E-state index in [0.29, 0.717) is 5.69 Å². The summed E-state index contributed by atoms with van der Waals surface area (Å²) in [5.74, 6) is -0.436. The lowest BCUT2D eigenvalue weighted by molar-refractivity contribution is 0.0594. The molecule has 4 nitrogen and oxygen atoms in total. The van der Waals surface area contributed by atoms with Gasteiger partial charge in [-0.3, -0.25) is 4.98 Å². The van der Waals surface area contributed by atoms with Gasteiger partial charge in [0.1, 0.15) is 5.69 Å². The van der Waals surface area contributed by atoms with Crippen molar-refractivity contribution in [1.29, 1.82) is 0 Å². The van der Waals surface area contributed by atoms with Crippen LogP contribution in [0.1, 0.15) is 16.2 Å². The molecule has 0 bridgehead atoms. The monoisotopic (exact) mass is 228 g/mol. The lowest BCUT2D eigenvalue weighted by Gasteiger charge is -2.02. The van der Waals surface area contributed by atoms with Crippen molar-refractivity contribution in [2.75, 3.05) is 7.11 Å². The Hall–Kier alpha value is -2.23. The number of hydrogen-bond donors (Lipinski definition) is 0. The molecule has 0 fully saturated rings. The van der Waals surface area contributed by atoms with Gasteiger partial charge in [-0.25, -0.2) is 9.78 Å². The van der Waals surface area contributed by atoms with Gasteiger partial charge in [-0.1, -0.05) is 6.07 Å². The summed E-state index contributed by atoms with van der Waals surface area (Å²) in [6.07, 6.45) is 1.62. The summed E-state index contributed by atoms with van der Waals surface area (Å²) in [5, 5.41) is 0. The van der Waals surface area contributed by atoms with E-state index in [1.54, 1.807) is 18.3 Å². The zero-order chi connectivity index (χ0) is 12.3. The second kappa shape index (κ2) is 4.74. The molecule has 0 N–H and O–H groups in total. The third kappa shape index (κ3) is 2.47. The molecule has 0 saturated carbocycles. The Kier molecular flexibility index (Phi) is 3.14. The van der Waals surface area contributed by atoms with E-state index in [1.165, 1.54) is 7.11 Å². The fraction of sp³-hybridized carbons (Fsp3) is 0.154. The van der Waals surface area contributed by atoms with Gasteiger partial charge in [0.25, 0.3) is 0 Å². The Labute approximate surface area is 99.3 Å². The molecule has 0 aliphatic rings. The van der Waals surface area contributed by atoms with E-state index >= 15 is 0 Å². The van der Waals surface area contributed by atoms with Gasteiger partial charge >= 0.3 is 5.97 Å². The zero-order valence-electron chi connectivity index (χ0n) is 9.68. The maximum Gasteiger partial charge on any atom is 0.356 e. The summed E-state index contributed by atoms with van der Waals surface area (Å²) in [5.41, 5.74) is 2.96. The Morgan fingerprint density at radius 2 is 2.06 bits per heavy atom. The molecule has 86 valence electrons. The Bertz CT molecular complexity index is 535. The molecular formula is C13H12N2O2. The lowest BCUT2D eigenvalue weighted by atomic mass is 10.1. The normalized spacial score (nSPS) is 10.0. The van der Waals surface area contributed by atoms with Crippen LogP contribution in [-0.2, 0) is 4.74 Å². The van der Waals surface area contributed by atoms with Crippen LogP contribution in [0.3, 0.4) is 0 Å². The fourth-order valence-corrected chi connectivity index (χ4v) is 1.47. The van der Waals surface area contributed by atoms with Crippen molar-refractivity contribution in [1.82, 2.24) is 9.97 Å². The van der Waals surface area contributed by atoms with Gasteiger partial charge in [-0.15, -0.1) is 0 Å². The summed E-state index contributed by atoms with van der Waals surface area (Å²) in [6, 6.07) is 9.21. The molecule has 0 saturated heterocycles. The smallest absolute Gasteiger partial charge is 0.356 e. The number of methoxy groups -OCH3 is 1. The van der Waals surface area contributed by atoms with Crippen molar-refractivity contribution in [3.05, 3.63) is 47.9 Å². The third-order valence-electron chi connectivity index (χ3n) is 2.34. The summed E-state index contributed by atoms with van der Waals surface area (Å²) in [7, 11) is 1.33. The highest BCUT2D eigenvalue weighted by Gasteiger charge is 2.07. The second-order valence-electron chi connectivity index (χ2n) is 3.59. The van der Waals surface area contributed by atoms with Crippen LogP contribution in [0.2, 0.25) is 0 Å². The molecule has 0 radical (unpaired) electrons. The predicted octanol–water partition coefficient (Wildman–Crippen LogP) is 2.24. The van der Waals surface area contributed by atoms with Gasteiger partial charge in [0.2, 0.25) is 0 Å². The molecule has 0 aliphatic carbocycles. The Morgan fingerprint density at radius 3 is 2.65 bits per heavy atom. The first kappa shape index (κ1) is 11.3. The maximum atomic E-state index is 11.2. The fourth-order valence-electron chi connectivity index (χ4n) is 1.47. The van der Waals surface area contributed by atoms with E-state index in [9.17, 15) is 4.79 Å². The Morgan fingerprint density at radius 1 is 1.24 bits per heavy atom. The van der Waals surface area contributed by atoms with Crippen LogP contribution in [0, 0.1) is 6.92 Å². The van der Waals surface area contributed by atoms with Gasteiger partial charge < -0.3 is 4.74 Å². The third-order valence-corrected chi connectivity index (χ3v) is 2.34. The van der Waals surface area contributed by atoms with Gasteiger partial charge in [0.05, 0.1) is 12.8 Å². The average molecular weight is 228 g/mol. The molecule has 0 atom stereocenters. The van der Waals surface area contributed by atoms with E-state index in [-0.39, 0.29) is 0 Å². The number of pyridine rings is 2. The first-order valence-corrected chi connectivity index (χ1v) is 5.19. The number of hydrogen-bond acceptors (Lipinski definition) is 4. The van der Waals surface area contributed by atoms with E-state index in [1.807, 2.05) is 25.1 Å². The number of aryl methyl sites for hydroxylation is 1. The highest BCUT2D eigenvalue weighted by molar-refractivity contribution is 5.87. The van der Waals surface area contributed by atoms with Gasteiger partial charge in [0.15, 0.2) is 0 Å². The maximum absolute atomic E-state index is 11.2. The van der Waals surface area contributed by atoms with Gasteiger partial charge in [-0.2, -0.15) is 0 Å². The van der Waals surface area contributed by atoms with Crippen LogP contribution < -0.4 is 0 Å². The number of ether oxygens (including phenoxy) is 1. The van der Waals surface area contributed by atoms with Crippen LogP contribution >= 0.6 is 0 Å². The first-order valence-electron chi connectivity index (χ1n) is 5.19. The van der Waals surface area contributed by atoms with Crippen molar-refractivity contribution in [3.8, 4) is 11.3 Å². The van der Waals surface area contributed by atoms with Crippen molar-refractivity contribution >= 4 is 5.97 Å². The second-order valence-corrected chi connectivity index (χ2v) is 3.59. The van der Waals surface area contributed by atoms with Crippen molar-refractivity contribution < 1.29 is 9.53 Å². The molecule has 2 aromatic heterocycles. The highest BCUT2D eigenvalue weighted by Crippen LogP contribution is 2.16.